The normalized spacial score (nSPS) is 27.3. The van der Waals surface area contributed by atoms with Crippen molar-refractivity contribution in [1.82, 2.24) is 20.0 Å². The zero-order valence-electron chi connectivity index (χ0n) is 18.9. The molecule has 0 radical (unpaired) electrons. The van der Waals surface area contributed by atoms with Crippen LogP contribution in [0.15, 0.2) is 24.3 Å². The van der Waals surface area contributed by atoms with Crippen molar-refractivity contribution in [2.75, 3.05) is 32.8 Å². The molecule has 1 saturated carbocycles. The standard InChI is InChI=1S/C24H34N4O3/c1-17(2)19-4-6-20(7-5-19)21(29)27-14-12-26(13-15-27)16-28-22(30)24(25-23(28)31)10-8-18(3)9-11-24/h4-7,17-18H,8-16H2,1-3H3,(H,25,31). The van der Waals surface area contributed by atoms with Gasteiger partial charge in [0.1, 0.15) is 5.54 Å². The maximum Gasteiger partial charge on any atom is 0.326 e. The zero-order chi connectivity index (χ0) is 22.2. The number of nitrogens with zero attached hydrogens (tertiary/aromatic N) is 3. The number of rotatable bonds is 4. The van der Waals surface area contributed by atoms with Gasteiger partial charge < -0.3 is 10.2 Å². The summed E-state index contributed by atoms with van der Waals surface area (Å²) >= 11 is 0. The Morgan fingerprint density at radius 1 is 1.06 bits per heavy atom. The lowest BCUT2D eigenvalue weighted by molar-refractivity contribution is -0.134. The first-order valence-corrected chi connectivity index (χ1v) is 11.5. The quantitative estimate of drug-likeness (QED) is 0.751. The Hall–Kier alpha value is -2.41. The van der Waals surface area contributed by atoms with Gasteiger partial charge in [-0.3, -0.25) is 14.5 Å². The van der Waals surface area contributed by atoms with Crippen molar-refractivity contribution in [1.29, 1.82) is 0 Å². The predicted molar refractivity (Wildman–Crippen MR) is 119 cm³/mol. The van der Waals surface area contributed by atoms with Gasteiger partial charge >= 0.3 is 6.03 Å². The van der Waals surface area contributed by atoms with Crippen molar-refractivity contribution >= 4 is 17.8 Å². The second kappa shape index (κ2) is 8.61. The molecule has 2 saturated heterocycles. The highest BCUT2D eigenvalue weighted by Crippen LogP contribution is 2.36. The van der Waals surface area contributed by atoms with E-state index in [1.807, 2.05) is 29.2 Å². The molecule has 1 spiro atoms. The molecular formula is C24H34N4O3. The number of benzene rings is 1. The molecule has 4 amide bonds. The van der Waals surface area contributed by atoms with Crippen LogP contribution in [0.1, 0.15) is 68.3 Å². The minimum absolute atomic E-state index is 0.0419. The van der Waals surface area contributed by atoms with Crippen LogP contribution >= 0.6 is 0 Å². The molecule has 0 unspecified atom stereocenters. The molecule has 1 aliphatic carbocycles. The van der Waals surface area contributed by atoms with E-state index < -0.39 is 5.54 Å². The smallest absolute Gasteiger partial charge is 0.326 e. The van der Waals surface area contributed by atoms with Crippen LogP contribution in [-0.4, -0.2) is 70.9 Å². The van der Waals surface area contributed by atoms with Crippen LogP contribution in [0.3, 0.4) is 0 Å². The molecule has 31 heavy (non-hydrogen) atoms. The van der Waals surface area contributed by atoms with Crippen LogP contribution in [0, 0.1) is 5.92 Å². The molecule has 2 aliphatic heterocycles. The summed E-state index contributed by atoms with van der Waals surface area (Å²) in [6, 6.07) is 7.58. The molecule has 1 N–H and O–H groups in total. The van der Waals surface area contributed by atoms with Crippen molar-refractivity contribution < 1.29 is 14.4 Å². The van der Waals surface area contributed by atoms with E-state index >= 15 is 0 Å². The highest BCUT2D eigenvalue weighted by Gasteiger charge is 2.52. The molecule has 2 heterocycles. The number of carbonyl (C=O) groups is 3. The van der Waals surface area contributed by atoms with Crippen LogP contribution in [0.4, 0.5) is 4.79 Å². The van der Waals surface area contributed by atoms with Gasteiger partial charge in [0.25, 0.3) is 11.8 Å². The predicted octanol–water partition coefficient (Wildman–Crippen LogP) is 3.03. The second-order valence-electron chi connectivity index (χ2n) is 9.76. The van der Waals surface area contributed by atoms with E-state index in [2.05, 4.69) is 31.0 Å². The first-order valence-electron chi connectivity index (χ1n) is 11.5. The fraction of sp³-hybridized carbons (Fsp3) is 0.625. The van der Waals surface area contributed by atoms with E-state index in [-0.39, 0.29) is 17.8 Å². The van der Waals surface area contributed by atoms with Gasteiger partial charge in [0.05, 0.1) is 6.67 Å². The van der Waals surface area contributed by atoms with Gasteiger partial charge in [0.15, 0.2) is 0 Å². The van der Waals surface area contributed by atoms with E-state index in [1.165, 1.54) is 10.5 Å². The summed E-state index contributed by atoms with van der Waals surface area (Å²) in [5.74, 6) is 1.01. The lowest BCUT2D eigenvalue weighted by Gasteiger charge is -2.37. The number of amides is 4. The van der Waals surface area contributed by atoms with Gasteiger partial charge in [-0.15, -0.1) is 0 Å². The summed E-state index contributed by atoms with van der Waals surface area (Å²) in [4.78, 5) is 43.8. The number of carbonyl (C=O) groups excluding carboxylic acids is 3. The maximum atomic E-state index is 13.1. The summed E-state index contributed by atoms with van der Waals surface area (Å²) in [7, 11) is 0. The van der Waals surface area contributed by atoms with E-state index in [4.69, 9.17) is 0 Å². The first-order chi connectivity index (χ1) is 14.8. The lowest BCUT2D eigenvalue weighted by Crippen LogP contribution is -2.53. The highest BCUT2D eigenvalue weighted by atomic mass is 16.2. The van der Waals surface area contributed by atoms with Gasteiger partial charge in [-0.1, -0.05) is 32.9 Å². The summed E-state index contributed by atoms with van der Waals surface area (Å²) in [5, 5.41) is 2.99. The summed E-state index contributed by atoms with van der Waals surface area (Å²) in [5.41, 5.74) is 1.24. The van der Waals surface area contributed by atoms with Crippen molar-refractivity contribution in [2.45, 2.75) is 57.9 Å². The average molecular weight is 427 g/mol. The Kier molecular flexibility index (Phi) is 6.06. The van der Waals surface area contributed by atoms with E-state index in [9.17, 15) is 14.4 Å². The minimum atomic E-state index is -0.691. The summed E-state index contributed by atoms with van der Waals surface area (Å²) < 4.78 is 0. The number of hydrogen-bond acceptors (Lipinski definition) is 4. The molecular weight excluding hydrogens is 392 g/mol. The molecule has 1 aromatic rings. The Morgan fingerprint density at radius 3 is 2.26 bits per heavy atom. The van der Waals surface area contributed by atoms with Crippen LogP contribution in [0.2, 0.25) is 0 Å². The lowest BCUT2D eigenvalue weighted by atomic mass is 9.77. The minimum Gasteiger partial charge on any atom is -0.336 e. The van der Waals surface area contributed by atoms with Gasteiger partial charge in [0, 0.05) is 31.7 Å². The summed E-state index contributed by atoms with van der Waals surface area (Å²) in [6.07, 6.45) is 3.40. The molecule has 3 fully saturated rings. The fourth-order valence-corrected chi connectivity index (χ4v) is 4.88. The molecule has 0 bridgehead atoms. The van der Waals surface area contributed by atoms with Crippen LogP contribution in [0.5, 0.6) is 0 Å². The Morgan fingerprint density at radius 2 is 1.68 bits per heavy atom. The van der Waals surface area contributed by atoms with Crippen LogP contribution in [-0.2, 0) is 4.79 Å². The van der Waals surface area contributed by atoms with Gasteiger partial charge in [-0.2, -0.15) is 0 Å². The van der Waals surface area contributed by atoms with Crippen molar-refractivity contribution in [3.8, 4) is 0 Å². The first kappa shape index (κ1) is 21.8. The number of imide groups is 1. The van der Waals surface area contributed by atoms with E-state index in [0.29, 0.717) is 50.2 Å². The second-order valence-corrected chi connectivity index (χ2v) is 9.76. The molecule has 0 aromatic heterocycles. The van der Waals surface area contributed by atoms with Crippen LogP contribution in [0.25, 0.3) is 0 Å². The Balaban J connectivity index is 1.31. The molecule has 1 aromatic carbocycles. The molecule has 168 valence electrons. The fourth-order valence-electron chi connectivity index (χ4n) is 4.88. The largest absolute Gasteiger partial charge is 0.336 e. The zero-order valence-corrected chi connectivity index (χ0v) is 18.9. The highest BCUT2D eigenvalue weighted by molar-refractivity contribution is 6.07. The summed E-state index contributed by atoms with van der Waals surface area (Å²) in [6.45, 7) is 9.26. The van der Waals surface area contributed by atoms with Crippen molar-refractivity contribution in [3.63, 3.8) is 0 Å². The topological polar surface area (TPSA) is 73.0 Å². The van der Waals surface area contributed by atoms with Crippen molar-refractivity contribution in [3.05, 3.63) is 35.4 Å². The average Bonchev–Trinajstić information content (AvgIpc) is 3.00. The number of nitrogens with one attached hydrogen (secondary N) is 1. The third kappa shape index (κ3) is 4.33. The van der Waals surface area contributed by atoms with Gasteiger partial charge in [0.2, 0.25) is 0 Å². The monoisotopic (exact) mass is 426 g/mol. The van der Waals surface area contributed by atoms with Crippen molar-refractivity contribution in [2.24, 2.45) is 5.92 Å². The molecule has 0 atom stereocenters. The van der Waals surface area contributed by atoms with E-state index in [1.54, 1.807) is 0 Å². The third-order valence-corrected chi connectivity index (χ3v) is 7.20. The Labute approximate surface area is 184 Å². The number of piperazine rings is 1. The van der Waals surface area contributed by atoms with E-state index in [0.717, 1.165) is 25.7 Å². The molecule has 7 heteroatoms. The van der Waals surface area contributed by atoms with Gasteiger partial charge in [-0.05, 0) is 55.2 Å². The Bertz CT molecular complexity index is 835. The molecule has 4 rings (SSSR count). The SMILES string of the molecule is CC1CCC2(CC1)NC(=O)N(CN1CCN(C(=O)c3ccc(C(C)C)cc3)CC1)C2=O. The number of hydrogen-bond donors (Lipinski definition) is 1. The maximum absolute atomic E-state index is 13.1. The number of urea groups is 1. The van der Waals surface area contributed by atoms with Crippen LogP contribution < -0.4 is 5.32 Å². The third-order valence-electron chi connectivity index (χ3n) is 7.20. The molecule has 3 aliphatic rings. The molecule has 7 nitrogen and oxygen atoms in total. The van der Waals surface area contributed by atoms with Gasteiger partial charge in [-0.25, -0.2) is 9.69 Å².